The van der Waals surface area contributed by atoms with E-state index >= 15 is 0 Å². The highest BCUT2D eigenvalue weighted by Gasteiger charge is 2.50. The van der Waals surface area contributed by atoms with E-state index in [2.05, 4.69) is 20.1 Å². The van der Waals surface area contributed by atoms with Crippen LogP contribution in [0.5, 0.6) is 0 Å². The summed E-state index contributed by atoms with van der Waals surface area (Å²) in [7, 11) is 0. The van der Waals surface area contributed by atoms with E-state index in [-0.39, 0.29) is 6.04 Å². The Morgan fingerprint density at radius 2 is 1.86 bits per heavy atom. The molecule has 194 valence electrons. The largest absolute Gasteiger partial charge is 0.481 e. The molecule has 1 aromatic heterocycles. The Hall–Kier alpha value is -1.80. The molecular weight excluding hydrogens is 521 g/mol. The second-order valence-corrected chi connectivity index (χ2v) is 12.1. The standard InChI is InChI=1S/C26H32Cl3N5O2/c1-15(20-4-3-18(27)9-21(20)28)31-23-22(29)12-30-25(32-23)34-8-6-17(14-34)16-5-7-33(13-16)19-10-26(2,11-19)24(35)36/h3-4,9,12,15-17,19H,5-8,10-11,13-14H2,1-2H3,(H,35,36)(H,30,31,32)/t15-,16?,17?,19?,26?/m1/s1. The molecule has 1 aromatic carbocycles. The lowest BCUT2D eigenvalue weighted by Gasteiger charge is -2.46. The molecule has 2 unspecified atom stereocenters. The van der Waals surface area contributed by atoms with Crippen molar-refractivity contribution in [1.82, 2.24) is 14.9 Å². The molecule has 5 rings (SSSR count). The van der Waals surface area contributed by atoms with Gasteiger partial charge in [0.25, 0.3) is 0 Å². The number of nitrogens with one attached hydrogen (secondary N) is 1. The average molecular weight is 553 g/mol. The van der Waals surface area contributed by atoms with Crippen molar-refractivity contribution >= 4 is 52.5 Å². The maximum Gasteiger partial charge on any atom is 0.309 e. The number of hydrogen-bond acceptors (Lipinski definition) is 6. The minimum atomic E-state index is -0.664. The van der Waals surface area contributed by atoms with Gasteiger partial charge in [-0.3, -0.25) is 4.79 Å². The summed E-state index contributed by atoms with van der Waals surface area (Å²) in [5.41, 5.74) is 0.375. The van der Waals surface area contributed by atoms with Crippen molar-refractivity contribution < 1.29 is 9.90 Å². The van der Waals surface area contributed by atoms with Crippen LogP contribution in [0.25, 0.3) is 0 Å². The Labute approximate surface area is 227 Å². The normalized spacial score (nSPS) is 29.2. The molecule has 3 heterocycles. The summed E-state index contributed by atoms with van der Waals surface area (Å²) in [5.74, 6) is 1.82. The average Bonchev–Trinajstić information content (AvgIpc) is 3.48. The molecule has 7 nitrogen and oxygen atoms in total. The van der Waals surface area contributed by atoms with Crippen molar-refractivity contribution in [3.8, 4) is 0 Å². The highest BCUT2D eigenvalue weighted by atomic mass is 35.5. The SMILES string of the molecule is C[C@@H](Nc1nc(N2CCC(C3CCN(C4CC(C)(C(=O)O)C4)C3)C2)ncc1Cl)c1ccc(Cl)cc1Cl. The van der Waals surface area contributed by atoms with E-state index in [0.29, 0.717) is 44.7 Å². The number of halogens is 3. The molecule has 3 atom stereocenters. The number of carbonyl (C=O) groups is 1. The van der Waals surface area contributed by atoms with Crippen molar-refractivity contribution in [2.24, 2.45) is 17.3 Å². The third-order valence-electron chi connectivity index (χ3n) is 8.35. The third kappa shape index (κ3) is 5.13. The lowest BCUT2D eigenvalue weighted by atomic mass is 9.66. The summed E-state index contributed by atoms with van der Waals surface area (Å²) < 4.78 is 0. The van der Waals surface area contributed by atoms with Crippen LogP contribution in [0.4, 0.5) is 11.8 Å². The van der Waals surface area contributed by atoms with Crippen molar-refractivity contribution in [2.45, 2.75) is 51.6 Å². The molecule has 10 heteroatoms. The van der Waals surface area contributed by atoms with E-state index in [1.165, 1.54) is 6.42 Å². The van der Waals surface area contributed by atoms with Gasteiger partial charge >= 0.3 is 5.97 Å². The number of carboxylic acid groups (broad SMARTS) is 1. The van der Waals surface area contributed by atoms with E-state index in [4.69, 9.17) is 39.8 Å². The van der Waals surface area contributed by atoms with E-state index < -0.39 is 11.4 Å². The molecule has 3 aliphatic rings. The van der Waals surface area contributed by atoms with Crippen LogP contribution in [-0.2, 0) is 4.79 Å². The molecule has 0 bridgehead atoms. The molecular formula is C26H32Cl3N5O2. The number of hydrogen-bond donors (Lipinski definition) is 2. The Morgan fingerprint density at radius 1 is 1.14 bits per heavy atom. The Kier molecular flexibility index (Phi) is 7.29. The lowest BCUT2D eigenvalue weighted by Crippen LogP contribution is -2.52. The fourth-order valence-electron chi connectivity index (χ4n) is 6.05. The third-order valence-corrected chi connectivity index (χ3v) is 9.19. The van der Waals surface area contributed by atoms with Crippen molar-refractivity contribution in [2.75, 3.05) is 36.4 Å². The van der Waals surface area contributed by atoms with Crippen molar-refractivity contribution in [3.63, 3.8) is 0 Å². The maximum atomic E-state index is 11.5. The fourth-order valence-corrected chi connectivity index (χ4v) is 6.76. The number of anilines is 2. The van der Waals surface area contributed by atoms with Gasteiger partial charge in [-0.2, -0.15) is 4.98 Å². The fraction of sp³-hybridized carbons (Fsp3) is 0.577. The summed E-state index contributed by atoms with van der Waals surface area (Å²) >= 11 is 18.9. The van der Waals surface area contributed by atoms with Gasteiger partial charge in [0.05, 0.1) is 17.7 Å². The van der Waals surface area contributed by atoms with Crippen molar-refractivity contribution in [1.29, 1.82) is 0 Å². The van der Waals surface area contributed by atoms with Gasteiger partial charge in [0.15, 0.2) is 5.82 Å². The molecule has 1 saturated carbocycles. The monoisotopic (exact) mass is 551 g/mol. The first-order valence-corrected chi connectivity index (χ1v) is 13.7. The van der Waals surface area contributed by atoms with Crippen LogP contribution in [-0.4, -0.2) is 58.2 Å². The molecule has 2 aliphatic heterocycles. The Balaban J connectivity index is 1.19. The maximum absolute atomic E-state index is 11.5. The minimum absolute atomic E-state index is 0.111. The van der Waals surface area contributed by atoms with Gasteiger partial charge in [-0.05, 0) is 75.6 Å². The molecule has 2 saturated heterocycles. The lowest BCUT2D eigenvalue weighted by molar-refractivity contribution is -0.157. The first-order chi connectivity index (χ1) is 17.1. The van der Waals surface area contributed by atoms with Gasteiger partial charge in [0.2, 0.25) is 5.95 Å². The van der Waals surface area contributed by atoms with Gasteiger partial charge in [-0.15, -0.1) is 0 Å². The first kappa shape index (κ1) is 25.8. The van der Waals surface area contributed by atoms with Crippen LogP contribution >= 0.6 is 34.8 Å². The second kappa shape index (κ2) is 10.2. The highest BCUT2D eigenvalue weighted by Crippen LogP contribution is 2.46. The summed E-state index contributed by atoms with van der Waals surface area (Å²) in [6.07, 6.45) is 5.47. The van der Waals surface area contributed by atoms with Crippen LogP contribution in [0.15, 0.2) is 24.4 Å². The number of carboxylic acids is 1. The zero-order valence-electron chi connectivity index (χ0n) is 20.6. The quantitative estimate of drug-likeness (QED) is 0.435. The summed E-state index contributed by atoms with van der Waals surface area (Å²) in [5, 5.41) is 14.5. The Bertz CT molecular complexity index is 1140. The van der Waals surface area contributed by atoms with Gasteiger partial charge in [0, 0.05) is 35.7 Å². The highest BCUT2D eigenvalue weighted by molar-refractivity contribution is 6.35. The predicted molar refractivity (Wildman–Crippen MR) is 144 cm³/mol. The number of benzene rings is 1. The zero-order valence-corrected chi connectivity index (χ0v) is 22.8. The Morgan fingerprint density at radius 3 is 2.58 bits per heavy atom. The molecule has 0 radical (unpaired) electrons. The smallest absolute Gasteiger partial charge is 0.309 e. The number of likely N-dealkylation sites (tertiary alicyclic amines) is 1. The van der Waals surface area contributed by atoms with Gasteiger partial charge in [-0.25, -0.2) is 4.98 Å². The number of rotatable bonds is 7. The zero-order chi connectivity index (χ0) is 25.6. The molecule has 3 fully saturated rings. The summed E-state index contributed by atoms with van der Waals surface area (Å²) in [6.45, 7) is 7.85. The van der Waals surface area contributed by atoms with Crippen molar-refractivity contribution in [3.05, 3.63) is 45.0 Å². The predicted octanol–water partition coefficient (Wildman–Crippen LogP) is 6.01. The van der Waals surface area contributed by atoms with Crippen LogP contribution in [0, 0.1) is 17.3 Å². The van der Waals surface area contributed by atoms with Crippen LogP contribution in [0.2, 0.25) is 15.1 Å². The summed E-state index contributed by atoms with van der Waals surface area (Å²) in [6, 6.07) is 5.75. The molecule has 0 spiro atoms. The minimum Gasteiger partial charge on any atom is -0.481 e. The summed E-state index contributed by atoms with van der Waals surface area (Å²) in [4.78, 5) is 25.5. The molecule has 2 aromatic rings. The van der Waals surface area contributed by atoms with Crippen LogP contribution in [0.3, 0.4) is 0 Å². The van der Waals surface area contributed by atoms with Crippen LogP contribution in [0.1, 0.15) is 51.1 Å². The topological polar surface area (TPSA) is 81.6 Å². The molecule has 1 aliphatic carbocycles. The van der Waals surface area contributed by atoms with E-state index in [1.807, 2.05) is 26.0 Å². The number of nitrogens with zero attached hydrogens (tertiary/aromatic N) is 4. The van der Waals surface area contributed by atoms with Crippen LogP contribution < -0.4 is 10.2 Å². The second-order valence-electron chi connectivity index (χ2n) is 10.9. The number of aliphatic carboxylic acids is 1. The van der Waals surface area contributed by atoms with Gasteiger partial charge in [0.1, 0.15) is 5.02 Å². The number of aromatic nitrogens is 2. The van der Waals surface area contributed by atoms with E-state index in [1.54, 1.807) is 12.3 Å². The van der Waals surface area contributed by atoms with E-state index in [9.17, 15) is 9.90 Å². The molecule has 0 amide bonds. The molecule has 36 heavy (non-hydrogen) atoms. The van der Waals surface area contributed by atoms with Gasteiger partial charge < -0.3 is 20.2 Å². The molecule has 2 N–H and O–H groups in total. The first-order valence-electron chi connectivity index (χ1n) is 12.6. The van der Waals surface area contributed by atoms with E-state index in [0.717, 1.165) is 51.0 Å². The van der Waals surface area contributed by atoms with Gasteiger partial charge in [-0.1, -0.05) is 40.9 Å².